The number of ether oxygens (including phenoxy) is 1. The maximum atomic E-state index is 13.0. The molecule has 3 rings (SSSR count). The minimum absolute atomic E-state index is 0.0188. The highest BCUT2D eigenvalue weighted by Crippen LogP contribution is 2.43. The predicted octanol–water partition coefficient (Wildman–Crippen LogP) is 3.79. The van der Waals surface area contributed by atoms with Gasteiger partial charge in [-0.25, -0.2) is 0 Å². The fraction of sp³-hybridized carbons (Fsp3) is 0.238. The number of rotatable bonds is 5. The maximum Gasteiger partial charge on any atom is 0.202 e. The van der Waals surface area contributed by atoms with Gasteiger partial charge in [0.25, 0.3) is 0 Å². The molecular formula is C21H20O6. The fourth-order valence-electron chi connectivity index (χ4n) is 3.21. The van der Waals surface area contributed by atoms with Gasteiger partial charge in [0.2, 0.25) is 5.78 Å². The first-order valence-electron chi connectivity index (χ1n) is 8.66. The molecule has 27 heavy (non-hydrogen) atoms. The van der Waals surface area contributed by atoms with Crippen LogP contribution in [0, 0.1) is 0 Å². The highest BCUT2D eigenvalue weighted by atomic mass is 16.5. The second-order valence-electron chi connectivity index (χ2n) is 6.35. The van der Waals surface area contributed by atoms with Gasteiger partial charge < -0.3 is 20.1 Å². The Bertz CT molecular complexity index is 971. The van der Waals surface area contributed by atoms with Gasteiger partial charge in [0.05, 0.1) is 23.8 Å². The number of hydrogen-bond acceptors (Lipinski definition) is 6. The van der Waals surface area contributed by atoms with Crippen LogP contribution in [0.15, 0.2) is 24.3 Å². The molecule has 1 aliphatic rings. The van der Waals surface area contributed by atoms with Gasteiger partial charge in [-0.1, -0.05) is 31.9 Å². The van der Waals surface area contributed by atoms with Crippen LogP contribution < -0.4 is 4.74 Å². The first-order valence-corrected chi connectivity index (χ1v) is 8.66. The van der Waals surface area contributed by atoms with E-state index in [-0.39, 0.29) is 45.1 Å². The molecule has 140 valence electrons. The quantitative estimate of drug-likeness (QED) is 0.592. The number of hydrogen-bond donors (Lipinski definition) is 3. The van der Waals surface area contributed by atoms with Gasteiger partial charge in [-0.2, -0.15) is 0 Å². The van der Waals surface area contributed by atoms with E-state index in [1.165, 1.54) is 25.3 Å². The first-order chi connectivity index (χ1) is 12.9. The molecule has 0 spiro atoms. The van der Waals surface area contributed by atoms with Gasteiger partial charge in [-0.3, -0.25) is 9.59 Å². The standard InChI is InChI=1S/C21H20O6/c1-3-4-5-6-7-12-15(23)10-14-18(20(12)25)21(26)17-13(19(14)24)8-11(22)9-16(17)27-2/h6-10,22-23,25H,3-5H2,1-2H3/b7-6+. The fourth-order valence-corrected chi connectivity index (χ4v) is 3.21. The third kappa shape index (κ3) is 3.03. The van der Waals surface area contributed by atoms with Crippen LogP contribution in [0.1, 0.15) is 63.6 Å². The molecule has 0 saturated heterocycles. The van der Waals surface area contributed by atoms with Crippen LogP contribution in [-0.4, -0.2) is 34.0 Å². The van der Waals surface area contributed by atoms with E-state index in [2.05, 4.69) is 6.92 Å². The lowest BCUT2D eigenvalue weighted by Crippen LogP contribution is -2.22. The second kappa shape index (κ2) is 7.15. The number of fused-ring (bicyclic) bond motifs is 2. The molecule has 2 aromatic rings. The van der Waals surface area contributed by atoms with Crippen LogP contribution in [0.3, 0.4) is 0 Å². The van der Waals surface area contributed by atoms with Crippen molar-refractivity contribution in [3.05, 3.63) is 52.1 Å². The number of phenols is 3. The zero-order valence-corrected chi connectivity index (χ0v) is 15.1. The Morgan fingerprint density at radius 1 is 1.00 bits per heavy atom. The molecule has 0 unspecified atom stereocenters. The zero-order valence-electron chi connectivity index (χ0n) is 15.1. The van der Waals surface area contributed by atoms with E-state index >= 15 is 0 Å². The molecule has 1 aliphatic carbocycles. The number of methoxy groups -OCH3 is 1. The van der Waals surface area contributed by atoms with Gasteiger partial charge >= 0.3 is 0 Å². The molecule has 0 fully saturated rings. The zero-order chi connectivity index (χ0) is 19.7. The van der Waals surface area contributed by atoms with Crippen molar-refractivity contribution in [3.63, 3.8) is 0 Å². The lowest BCUT2D eigenvalue weighted by atomic mass is 9.81. The highest BCUT2D eigenvalue weighted by Gasteiger charge is 2.36. The summed E-state index contributed by atoms with van der Waals surface area (Å²) in [5, 5.41) is 30.7. The summed E-state index contributed by atoms with van der Waals surface area (Å²) in [6.07, 6.45) is 6.06. The Morgan fingerprint density at radius 3 is 2.37 bits per heavy atom. The van der Waals surface area contributed by atoms with E-state index < -0.39 is 17.3 Å². The topological polar surface area (TPSA) is 104 Å². The summed E-state index contributed by atoms with van der Waals surface area (Å²) in [5.41, 5.74) is -0.249. The van der Waals surface area contributed by atoms with Crippen LogP contribution in [-0.2, 0) is 0 Å². The maximum absolute atomic E-state index is 13.0. The molecule has 6 nitrogen and oxygen atoms in total. The van der Waals surface area contributed by atoms with Crippen LogP contribution in [0.2, 0.25) is 0 Å². The molecule has 6 heteroatoms. The molecule has 0 radical (unpaired) electrons. The minimum atomic E-state index is -0.600. The van der Waals surface area contributed by atoms with Crippen molar-refractivity contribution < 1.29 is 29.6 Å². The number of carbonyl (C=O) groups excluding carboxylic acids is 2. The van der Waals surface area contributed by atoms with Crippen LogP contribution >= 0.6 is 0 Å². The largest absolute Gasteiger partial charge is 0.508 e. The summed E-state index contributed by atoms with van der Waals surface area (Å²) in [6.45, 7) is 2.05. The van der Waals surface area contributed by atoms with Gasteiger partial charge in [-0.15, -0.1) is 0 Å². The van der Waals surface area contributed by atoms with E-state index in [1.54, 1.807) is 12.2 Å². The summed E-state index contributed by atoms with van der Waals surface area (Å²) in [7, 11) is 1.32. The van der Waals surface area contributed by atoms with Crippen molar-refractivity contribution in [2.24, 2.45) is 0 Å². The number of aromatic hydroxyl groups is 3. The molecule has 0 amide bonds. The van der Waals surface area contributed by atoms with Gasteiger partial charge in [0, 0.05) is 17.2 Å². The average molecular weight is 368 g/mol. The Labute approximate surface area is 156 Å². The summed E-state index contributed by atoms with van der Waals surface area (Å²) in [4.78, 5) is 25.9. The van der Waals surface area contributed by atoms with Crippen LogP contribution in [0.25, 0.3) is 6.08 Å². The Morgan fingerprint density at radius 2 is 1.70 bits per heavy atom. The lowest BCUT2D eigenvalue weighted by Gasteiger charge is -2.22. The molecule has 0 atom stereocenters. The molecular weight excluding hydrogens is 348 g/mol. The predicted molar refractivity (Wildman–Crippen MR) is 99.9 cm³/mol. The van der Waals surface area contributed by atoms with E-state index in [4.69, 9.17) is 4.74 Å². The Balaban J connectivity index is 2.19. The van der Waals surface area contributed by atoms with Gasteiger partial charge in [0.15, 0.2) is 5.78 Å². The monoisotopic (exact) mass is 368 g/mol. The molecule has 3 N–H and O–H groups in total. The van der Waals surface area contributed by atoms with Gasteiger partial charge in [-0.05, 0) is 18.6 Å². The number of unbranched alkanes of at least 4 members (excludes halogenated alkanes) is 2. The normalized spacial score (nSPS) is 13.0. The van der Waals surface area contributed by atoms with E-state index in [1.807, 2.05) is 0 Å². The molecule has 0 aliphatic heterocycles. The van der Waals surface area contributed by atoms with Crippen molar-refractivity contribution in [1.82, 2.24) is 0 Å². The molecule has 2 aromatic carbocycles. The molecule has 0 bridgehead atoms. The number of ketones is 2. The van der Waals surface area contributed by atoms with E-state index in [0.29, 0.717) is 0 Å². The summed E-state index contributed by atoms with van der Waals surface area (Å²) >= 11 is 0. The summed E-state index contributed by atoms with van der Waals surface area (Å²) < 4.78 is 5.13. The van der Waals surface area contributed by atoms with Crippen LogP contribution in [0.5, 0.6) is 23.0 Å². The van der Waals surface area contributed by atoms with E-state index in [0.717, 1.165) is 19.3 Å². The molecule has 0 aromatic heterocycles. The first kappa shape index (κ1) is 18.5. The van der Waals surface area contributed by atoms with Crippen molar-refractivity contribution in [2.75, 3.05) is 7.11 Å². The van der Waals surface area contributed by atoms with Crippen molar-refractivity contribution in [1.29, 1.82) is 0 Å². The van der Waals surface area contributed by atoms with Crippen molar-refractivity contribution >= 4 is 17.6 Å². The third-order valence-electron chi connectivity index (χ3n) is 4.58. The molecule has 0 saturated carbocycles. The van der Waals surface area contributed by atoms with Crippen molar-refractivity contribution in [3.8, 4) is 23.0 Å². The van der Waals surface area contributed by atoms with Gasteiger partial charge in [0.1, 0.15) is 23.0 Å². The van der Waals surface area contributed by atoms with Crippen LogP contribution in [0.4, 0.5) is 0 Å². The van der Waals surface area contributed by atoms with E-state index in [9.17, 15) is 24.9 Å². The van der Waals surface area contributed by atoms with Crippen molar-refractivity contribution in [2.45, 2.75) is 26.2 Å². The summed E-state index contributed by atoms with van der Waals surface area (Å²) in [6, 6.07) is 3.58. The average Bonchev–Trinajstić information content (AvgIpc) is 2.64. The number of allylic oxidation sites excluding steroid dienone is 1. The Kier molecular flexibility index (Phi) is 4.90. The summed E-state index contributed by atoms with van der Waals surface area (Å²) in [5.74, 6) is -2.11. The number of carbonyl (C=O) groups is 2. The Hall–Kier alpha value is -3.28. The minimum Gasteiger partial charge on any atom is -0.508 e. The highest BCUT2D eigenvalue weighted by molar-refractivity contribution is 6.30. The number of benzene rings is 2. The lowest BCUT2D eigenvalue weighted by molar-refractivity contribution is 0.0973. The smallest absolute Gasteiger partial charge is 0.202 e. The third-order valence-corrected chi connectivity index (χ3v) is 4.58. The SMILES string of the molecule is CCCC/C=C/c1c(O)cc2c(c1O)C(=O)c1c(OC)cc(O)cc1C2=O. The number of phenolic OH excluding ortho intramolecular Hbond substituents is 3. The second-order valence-corrected chi connectivity index (χ2v) is 6.35. The molecule has 0 heterocycles.